The summed E-state index contributed by atoms with van der Waals surface area (Å²) in [7, 11) is 0. The lowest BCUT2D eigenvalue weighted by molar-refractivity contribution is -0.125. The topological polar surface area (TPSA) is 103 Å². The minimum atomic E-state index is -0.658. The van der Waals surface area contributed by atoms with Crippen molar-refractivity contribution in [3.05, 3.63) is 78.2 Å². The molecule has 0 atom stereocenters. The Morgan fingerprint density at radius 2 is 1.70 bits per heavy atom. The van der Waals surface area contributed by atoms with E-state index >= 15 is 0 Å². The molecule has 0 aliphatic carbocycles. The van der Waals surface area contributed by atoms with Crippen LogP contribution in [0.3, 0.4) is 0 Å². The zero-order valence-corrected chi connectivity index (χ0v) is 18.4. The lowest BCUT2D eigenvalue weighted by atomic mass is 9.73. The van der Waals surface area contributed by atoms with Gasteiger partial charge in [-0.1, -0.05) is 30.3 Å². The zero-order valence-electron chi connectivity index (χ0n) is 18.4. The third-order valence-corrected chi connectivity index (χ3v) is 6.31. The number of fused-ring (bicyclic) bond motifs is 1. The monoisotopic (exact) mass is 439 g/mol. The number of benzene rings is 2. The number of hydrogen-bond donors (Lipinski definition) is 2. The van der Waals surface area contributed by atoms with Gasteiger partial charge in [-0.2, -0.15) is 0 Å². The Bertz CT molecular complexity index is 1300. The van der Waals surface area contributed by atoms with Gasteiger partial charge in [-0.05, 0) is 55.2 Å². The van der Waals surface area contributed by atoms with Crippen molar-refractivity contribution in [2.24, 2.45) is 0 Å². The number of carbonyl (C=O) groups is 1. The molecule has 33 heavy (non-hydrogen) atoms. The quantitative estimate of drug-likeness (QED) is 0.492. The van der Waals surface area contributed by atoms with E-state index in [1.165, 1.54) is 0 Å². The molecule has 1 fully saturated rings. The first kappa shape index (κ1) is 21.0. The summed E-state index contributed by atoms with van der Waals surface area (Å²) in [6.45, 7) is 3.05. The fourth-order valence-electron chi connectivity index (χ4n) is 4.39. The van der Waals surface area contributed by atoms with E-state index < -0.39 is 5.41 Å². The van der Waals surface area contributed by atoms with Gasteiger partial charge >= 0.3 is 0 Å². The van der Waals surface area contributed by atoms with Crippen molar-refractivity contribution in [1.82, 2.24) is 15.0 Å². The summed E-state index contributed by atoms with van der Waals surface area (Å²) >= 11 is 0. The lowest BCUT2D eigenvalue weighted by Crippen LogP contribution is -2.44. The summed E-state index contributed by atoms with van der Waals surface area (Å²) < 4.78 is 5.60. The summed E-state index contributed by atoms with van der Waals surface area (Å²) in [5.41, 5.74) is 10.4. The Hall–Kier alpha value is -3.84. The second-order valence-electron chi connectivity index (χ2n) is 8.42. The van der Waals surface area contributed by atoms with Gasteiger partial charge in [0.05, 0.1) is 10.9 Å². The van der Waals surface area contributed by atoms with Gasteiger partial charge < -0.3 is 15.8 Å². The molecule has 166 valence electrons. The maximum absolute atomic E-state index is 13.7. The zero-order chi connectivity index (χ0) is 22.8. The molecule has 0 saturated carbocycles. The van der Waals surface area contributed by atoms with Crippen LogP contribution in [0.15, 0.2) is 67.0 Å². The van der Waals surface area contributed by atoms with Crippen LogP contribution < -0.4 is 11.1 Å². The predicted octanol–water partition coefficient (Wildman–Crippen LogP) is 4.27. The molecule has 1 saturated heterocycles. The maximum Gasteiger partial charge on any atom is 0.235 e. The molecule has 7 heteroatoms. The van der Waals surface area contributed by atoms with Crippen LogP contribution in [-0.2, 0) is 14.9 Å². The van der Waals surface area contributed by atoms with Crippen molar-refractivity contribution in [1.29, 1.82) is 0 Å². The smallest absolute Gasteiger partial charge is 0.235 e. The number of amides is 1. The number of nitrogen functional groups attached to an aromatic ring is 1. The summed E-state index contributed by atoms with van der Waals surface area (Å²) in [4.78, 5) is 26.3. The van der Waals surface area contributed by atoms with Crippen LogP contribution in [0.4, 0.5) is 11.6 Å². The summed E-state index contributed by atoms with van der Waals surface area (Å²) in [6.07, 6.45) is 4.64. The van der Waals surface area contributed by atoms with Gasteiger partial charge in [-0.3, -0.25) is 9.78 Å². The number of ether oxygens (including phenoxy) is 1. The van der Waals surface area contributed by atoms with E-state index in [1.807, 2.05) is 61.5 Å². The Morgan fingerprint density at radius 3 is 2.42 bits per heavy atom. The summed E-state index contributed by atoms with van der Waals surface area (Å²) in [6, 6.07) is 17.8. The molecule has 2 aromatic carbocycles. The van der Waals surface area contributed by atoms with Crippen LogP contribution in [0.5, 0.6) is 0 Å². The van der Waals surface area contributed by atoms with Gasteiger partial charge in [0, 0.05) is 47.9 Å². The number of rotatable bonds is 4. The van der Waals surface area contributed by atoms with Gasteiger partial charge in [0.1, 0.15) is 0 Å². The largest absolute Gasteiger partial charge is 0.381 e. The van der Waals surface area contributed by atoms with E-state index in [9.17, 15) is 4.79 Å². The van der Waals surface area contributed by atoms with Crippen LogP contribution in [0.1, 0.15) is 24.1 Å². The molecule has 0 spiro atoms. The van der Waals surface area contributed by atoms with Crippen LogP contribution in [0.2, 0.25) is 0 Å². The Labute approximate surface area is 192 Å². The van der Waals surface area contributed by atoms with Crippen molar-refractivity contribution < 1.29 is 9.53 Å². The molecule has 0 unspecified atom stereocenters. The normalized spacial score (nSPS) is 15.3. The second kappa shape index (κ2) is 8.60. The maximum atomic E-state index is 13.7. The number of nitrogens with two attached hydrogens (primary N) is 1. The second-order valence-corrected chi connectivity index (χ2v) is 8.42. The number of aryl methyl sites for hydroxylation is 1. The molecule has 0 radical (unpaired) electrons. The fourth-order valence-corrected chi connectivity index (χ4v) is 4.39. The number of anilines is 2. The number of nitrogens with zero attached hydrogens (tertiary/aromatic N) is 3. The third kappa shape index (κ3) is 4.15. The minimum absolute atomic E-state index is 0.0196. The van der Waals surface area contributed by atoms with Gasteiger partial charge in [0.2, 0.25) is 11.9 Å². The average molecular weight is 440 g/mol. The molecule has 3 N–H and O–H groups in total. The van der Waals surface area contributed by atoms with E-state index in [2.05, 4.69) is 20.3 Å². The van der Waals surface area contributed by atoms with Crippen molar-refractivity contribution in [3.8, 4) is 11.1 Å². The Kier molecular flexibility index (Phi) is 5.48. The Morgan fingerprint density at radius 1 is 0.970 bits per heavy atom. The molecular weight excluding hydrogens is 414 g/mol. The molecule has 3 heterocycles. The molecule has 7 nitrogen and oxygen atoms in total. The van der Waals surface area contributed by atoms with Crippen LogP contribution in [0.25, 0.3) is 22.0 Å². The van der Waals surface area contributed by atoms with E-state index in [1.54, 1.807) is 12.4 Å². The van der Waals surface area contributed by atoms with Crippen LogP contribution in [-0.4, -0.2) is 34.1 Å². The molecule has 5 rings (SSSR count). The third-order valence-electron chi connectivity index (χ3n) is 6.31. The Balaban J connectivity index is 1.44. The van der Waals surface area contributed by atoms with E-state index in [0.29, 0.717) is 26.1 Å². The van der Waals surface area contributed by atoms with E-state index in [-0.39, 0.29) is 11.9 Å². The number of hydrogen-bond acceptors (Lipinski definition) is 6. The molecular formula is C26H25N5O2. The molecule has 2 aromatic heterocycles. The number of pyridine rings is 1. The first-order valence-corrected chi connectivity index (χ1v) is 11.0. The highest BCUT2D eigenvalue weighted by atomic mass is 16.5. The number of nitrogens with one attached hydrogen (secondary N) is 1. The fraction of sp³-hybridized carbons (Fsp3) is 0.231. The SMILES string of the molecule is Cc1ccc2cc(NC(=O)C3(c4ccc(-c5cnc(N)nc5)cc4)CCOCC3)ccc2n1. The molecule has 1 aliphatic heterocycles. The number of aromatic nitrogens is 3. The van der Waals surface area contributed by atoms with Gasteiger partial charge in [0.15, 0.2) is 0 Å². The first-order chi connectivity index (χ1) is 16.0. The first-order valence-electron chi connectivity index (χ1n) is 11.0. The summed E-state index contributed by atoms with van der Waals surface area (Å²) in [5, 5.41) is 4.15. The van der Waals surface area contributed by atoms with Gasteiger partial charge in [-0.25, -0.2) is 9.97 Å². The molecule has 1 aliphatic rings. The van der Waals surface area contributed by atoms with E-state index in [4.69, 9.17) is 10.5 Å². The van der Waals surface area contributed by atoms with Crippen LogP contribution in [0, 0.1) is 6.92 Å². The van der Waals surface area contributed by atoms with Gasteiger partial charge in [-0.15, -0.1) is 0 Å². The highest BCUT2D eigenvalue weighted by molar-refractivity contribution is 6.00. The molecule has 0 bridgehead atoms. The predicted molar refractivity (Wildman–Crippen MR) is 129 cm³/mol. The van der Waals surface area contributed by atoms with Crippen molar-refractivity contribution in [2.45, 2.75) is 25.2 Å². The average Bonchev–Trinajstić information content (AvgIpc) is 2.85. The van der Waals surface area contributed by atoms with Crippen LogP contribution >= 0.6 is 0 Å². The lowest BCUT2D eigenvalue weighted by Gasteiger charge is -2.36. The highest BCUT2D eigenvalue weighted by Crippen LogP contribution is 2.37. The van der Waals surface area contributed by atoms with E-state index in [0.717, 1.165) is 39.0 Å². The minimum Gasteiger partial charge on any atom is -0.381 e. The molecule has 1 amide bonds. The van der Waals surface area contributed by atoms with Crippen molar-refractivity contribution >= 4 is 28.4 Å². The van der Waals surface area contributed by atoms with Gasteiger partial charge in [0.25, 0.3) is 0 Å². The summed E-state index contributed by atoms with van der Waals surface area (Å²) in [5.74, 6) is 0.224. The highest BCUT2D eigenvalue weighted by Gasteiger charge is 2.41. The van der Waals surface area contributed by atoms with Crippen molar-refractivity contribution in [3.63, 3.8) is 0 Å². The standard InChI is InChI=1S/C26H25N5O2/c1-17-2-3-19-14-22(8-9-23(19)30-17)31-24(32)26(10-12-33-13-11-26)21-6-4-18(5-7-21)20-15-28-25(27)29-16-20/h2-9,14-16H,10-13H2,1H3,(H,31,32)(H2,27,28,29). The van der Waals surface area contributed by atoms with Crippen molar-refractivity contribution in [2.75, 3.05) is 24.3 Å². The molecule has 4 aromatic rings. The number of carbonyl (C=O) groups excluding carboxylic acids is 1.